The molecule has 1 aliphatic rings. The number of hydrogen-bond acceptors (Lipinski definition) is 8. The minimum atomic E-state index is -0.554. The summed E-state index contributed by atoms with van der Waals surface area (Å²) in [5.41, 5.74) is 4.74. The Morgan fingerprint density at radius 2 is 1.66 bits per heavy atom. The van der Waals surface area contributed by atoms with E-state index in [1.165, 1.54) is 0 Å². The van der Waals surface area contributed by atoms with Gasteiger partial charge in [0.05, 0.1) is 21.8 Å². The van der Waals surface area contributed by atoms with Crippen molar-refractivity contribution in [2.75, 3.05) is 39.3 Å². The zero-order valence-electron chi connectivity index (χ0n) is 23.0. The van der Waals surface area contributed by atoms with Crippen molar-refractivity contribution in [3.8, 4) is 28.8 Å². The average molecular weight is 565 g/mol. The van der Waals surface area contributed by atoms with Gasteiger partial charge in [-0.15, -0.1) is 11.3 Å². The van der Waals surface area contributed by atoms with Gasteiger partial charge in [-0.3, -0.25) is 9.80 Å². The first-order valence-corrected chi connectivity index (χ1v) is 14.6. The minimum absolute atomic E-state index is 0.260. The summed E-state index contributed by atoms with van der Waals surface area (Å²) >= 11 is 1.67. The number of thiazole rings is 1. The van der Waals surface area contributed by atoms with Crippen LogP contribution in [0.15, 0.2) is 83.4 Å². The summed E-state index contributed by atoms with van der Waals surface area (Å²) in [6.45, 7) is 7.13. The number of piperazine rings is 1. The van der Waals surface area contributed by atoms with Crippen LogP contribution in [0.25, 0.3) is 21.5 Å². The highest BCUT2D eigenvalue weighted by Gasteiger charge is 2.21. The second-order valence-electron chi connectivity index (χ2n) is 10.3. The lowest BCUT2D eigenvalue weighted by Crippen LogP contribution is -2.48. The Balaban J connectivity index is 0.943. The number of aromatic nitrogens is 2. The number of aliphatic hydroxyl groups is 1. The standard InChI is InChI=1S/C33H32N4O3S/c1-24-34-32-19-29(13-14-33(32)41-24)39-23-28(38)21-36-15-17-37(18-16-36)22-30-20-31(35-40-30)27-11-9-26(10-12-27)8-7-25-5-3-2-4-6-25/h2-6,9-14,19-20,28,38H,15-18,21-23H2,1H3/t28-/m1/s1. The predicted octanol–water partition coefficient (Wildman–Crippen LogP) is 5.22. The fraction of sp³-hybridized carbons (Fsp3) is 0.273. The van der Waals surface area contributed by atoms with E-state index in [0.29, 0.717) is 13.1 Å². The third kappa shape index (κ3) is 7.20. The van der Waals surface area contributed by atoms with Gasteiger partial charge in [-0.25, -0.2) is 4.98 Å². The maximum absolute atomic E-state index is 10.6. The molecule has 1 atom stereocenters. The van der Waals surface area contributed by atoms with Crippen LogP contribution in [0.3, 0.4) is 0 Å². The quantitative estimate of drug-likeness (QED) is 0.259. The van der Waals surface area contributed by atoms with Gasteiger partial charge in [-0.2, -0.15) is 0 Å². The monoisotopic (exact) mass is 564 g/mol. The first kappa shape index (κ1) is 27.2. The summed E-state index contributed by atoms with van der Waals surface area (Å²) in [5.74, 6) is 7.98. The van der Waals surface area contributed by atoms with Crippen LogP contribution in [0.5, 0.6) is 5.75 Å². The van der Waals surface area contributed by atoms with E-state index in [0.717, 1.165) is 75.3 Å². The molecule has 208 valence electrons. The number of rotatable bonds is 8. The zero-order chi connectivity index (χ0) is 28.0. The number of ether oxygens (including phenoxy) is 1. The Hall–Kier alpha value is -4.00. The molecule has 0 unspecified atom stereocenters. The normalized spacial score (nSPS) is 15.0. The Bertz CT molecular complexity index is 1640. The molecule has 41 heavy (non-hydrogen) atoms. The molecule has 0 amide bonds. The Morgan fingerprint density at radius 3 is 2.44 bits per heavy atom. The van der Waals surface area contributed by atoms with E-state index in [9.17, 15) is 5.11 Å². The van der Waals surface area contributed by atoms with Gasteiger partial charge in [-0.05, 0) is 43.3 Å². The second-order valence-corrected chi connectivity index (χ2v) is 11.5. The van der Waals surface area contributed by atoms with Crippen molar-refractivity contribution in [1.82, 2.24) is 19.9 Å². The van der Waals surface area contributed by atoms with Gasteiger partial charge in [0.1, 0.15) is 24.2 Å². The maximum Gasteiger partial charge on any atom is 0.151 e. The average Bonchev–Trinajstić information content (AvgIpc) is 3.62. The van der Waals surface area contributed by atoms with Gasteiger partial charge in [0, 0.05) is 61.5 Å². The zero-order valence-corrected chi connectivity index (χ0v) is 23.8. The van der Waals surface area contributed by atoms with Crippen LogP contribution in [0, 0.1) is 18.8 Å². The van der Waals surface area contributed by atoms with E-state index >= 15 is 0 Å². The SMILES string of the molecule is Cc1nc2cc(OC[C@H](O)CN3CCN(Cc4cc(-c5ccc(C#Cc6ccccc6)cc5)no4)CC3)ccc2s1. The number of aliphatic hydroxyl groups excluding tert-OH is 1. The van der Waals surface area contributed by atoms with Crippen molar-refractivity contribution in [1.29, 1.82) is 0 Å². The first-order valence-electron chi connectivity index (χ1n) is 13.8. The first-order chi connectivity index (χ1) is 20.1. The van der Waals surface area contributed by atoms with Crippen molar-refractivity contribution >= 4 is 21.6 Å². The van der Waals surface area contributed by atoms with Crippen molar-refractivity contribution in [2.45, 2.75) is 19.6 Å². The van der Waals surface area contributed by atoms with E-state index in [2.05, 4.69) is 31.8 Å². The number of hydrogen-bond donors (Lipinski definition) is 1. The summed E-state index contributed by atoms with van der Waals surface area (Å²) in [5, 5.41) is 15.9. The molecule has 2 aromatic heterocycles. The summed E-state index contributed by atoms with van der Waals surface area (Å²) in [4.78, 5) is 9.16. The summed E-state index contributed by atoms with van der Waals surface area (Å²) in [6, 6.07) is 26.0. The van der Waals surface area contributed by atoms with Crippen LogP contribution in [-0.4, -0.2) is 70.5 Å². The molecular weight excluding hydrogens is 532 g/mol. The van der Waals surface area contributed by atoms with Crippen LogP contribution in [0.4, 0.5) is 0 Å². The van der Waals surface area contributed by atoms with E-state index in [1.807, 2.05) is 85.8 Å². The number of β-amino-alcohol motifs (C(OH)–C–C–N with tert-alkyl or cyclic N) is 1. The van der Waals surface area contributed by atoms with Crippen LogP contribution in [0.1, 0.15) is 21.9 Å². The molecule has 0 saturated carbocycles. The van der Waals surface area contributed by atoms with Gasteiger partial charge in [0.2, 0.25) is 0 Å². The van der Waals surface area contributed by atoms with E-state index < -0.39 is 6.10 Å². The van der Waals surface area contributed by atoms with Crippen molar-refractivity contribution < 1.29 is 14.4 Å². The van der Waals surface area contributed by atoms with Crippen LogP contribution >= 0.6 is 11.3 Å². The smallest absolute Gasteiger partial charge is 0.151 e. The van der Waals surface area contributed by atoms with Crippen molar-refractivity contribution in [3.63, 3.8) is 0 Å². The summed E-state index contributed by atoms with van der Waals surface area (Å²) in [6.07, 6.45) is -0.554. The molecule has 1 aliphatic heterocycles. The van der Waals surface area contributed by atoms with Gasteiger partial charge >= 0.3 is 0 Å². The lowest BCUT2D eigenvalue weighted by atomic mass is 10.1. The van der Waals surface area contributed by atoms with E-state index in [-0.39, 0.29) is 6.61 Å². The third-order valence-corrected chi connectivity index (χ3v) is 8.04. The molecule has 7 nitrogen and oxygen atoms in total. The van der Waals surface area contributed by atoms with Crippen LogP contribution in [-0.2, 0) is 6.54 Å². The highest BCUT2D eigenvalue weighted by atomic mass is 32.1. The molecule has 8 heteroatoms. The van der Waals surface area contributed by atoms with E-state index in [4.69, 9.17) is 9.26 Å². The molecule has 1 N–H and O–H groups in total. The molecule has 1 saturated heterocycles. The third-order valence-electron chi connectivity index (χ3n) is 7.09. The van der Waals surface area contributed by atoms with Gasteiger partial charge in [0.25, 0.3) is 0 Å². The number of benzene rings is 3. The molecule has 3 aromatic carbocycles. The molecule has 0 radical (unpaired) electrons. The molecule has 3 heterocycles. The fourth-order valence-corrected chi connectivity index (χ4v) is 5.73. The van der Waals surface area contributed by atoms with Gasteiger partial charge < -0.3 is 14.4 Å². The largest absolute Gasteiger partial charge is 0.491 e. The molecule has 0 spiro atoms. The number of nitrogens with zero attached hydrogens (tertiary/aromatic N) is 4. The second kappa shape index (κ2) is 12.7. The minimum Gasteiger partial charge on any atom is -0.491 e. The Morgan fingerprint density at radius 1 is 0.927 bits per heavy atom. The fourth-order valence-electron chi connectivity index (χ4n) is 4.92. The Kier molecular flexibility index (Phi) is 8.40. The van der Waals surface area contributed by atoms with Crippen LogP contribution in [0.2, 0.25) is 0 Å². The molecule has 0 bridgehead atoms. The van der Waals surface area contributed by atoms with Crippen molar-refractivity contribution in [3.05, 3.63) is 101 Å². The summed E-state index contributed by atoms with van der Waals surface area (Å²) in [7, 11) is 0. The highest BCUT2D eigenvalue weighted by Crippen LogP contribution is 2.26. The molecule has 1 fully saturated rings. The predicted molar refractivity (Wildman–Crippen MR) is 162 cm³/mol. The molecule has 0 aliphatic carbocycles. The van der Waals surface area contributed by atoms with Gasteiger partial charge in [0.15, 0.2) is 5.76 Å². The maximum atomic E-state index is 10.6. The number of aryl methyl sites for hydroxylation is 1. The lowest BCUT2D eigenvalue weighted by molar-refractivity contribution is 0.0430. The van der Waals surface area contributed by atoms with Crippen molar-refractivity contribution in [2.24, 2.45) is 0 Å². The molecule has 6 rings (SSSR count). The topological polar surface area (TPSA) is 74.9 Å². The van der Waals surface area contributed by atoms with E-state index in [1.54, 1.807) is 11.3 Å². The summed E-state index contributed by atoms with van der Waals surface area (Å²) < 4.78 is 12.7. The molecular formula is C33H32N4O3S. The Labute approximate surface area is 244 Å². The highest BCUT2D eigenvalue weighted by molar-refractivity contribution is 7.18. The van der Waals surface area contributed by atoms with Gasteiger partial charge in [-0.1, -0.05) is 47.3 Å². The lowest BCUT2D eigenvalue weighted by Gasteiger charge is -2.35. The van der Waals surface area contributed by atoms with Crippen LogP contribution < -0.4 is 4.74 Å². The number of fused-ring (bicyclic) bond motifs is 1. The molecule has 5 aromatic rings.